The summed E-state index contributed by atoms with van der Waals surface area (Å²) in [6, 6.07) is 13.3. The zero-order valence-corrected chi connectivity index (χ0v) is 21.8. The molecular weight excluding hydrogens is 511 g/mol. The lowest BCUT2D eigenvalue weighted by molar-refractivity contribution is -0.140. The van der Waals surface area contributed by atoms with Crippen molar-refractivity contribution in [2.45, 2.75) is 24.9 Å². The molecular formula is C27H25FN4O5S. The molecule has 196 valence electrons. The maximum atomic E-state index is 13.6. The molecule has 2 aromatic carbocycles. The smallest absolute Gasteiger partial charge is 0.325 e. The van der Waals surface area contributed by atoms with E-state index in [4.69, 9.17) is 9.47 Å². The summed E-state index contributed by atoms with van der Waals surface area (Å²) in [6.45, 7) is 1.02. The van der Waals surface area contributed by atoms with Gasteiger partial charge in [0.2, 0.25) is 0 Å². The molecule has 0 bridgehead atoms. The lowest BCUT2D eigenvalue weighted by Crippen LogP contribution is -2.43. The summed E-state index contributed by atoms with van der Waals surface area (Å²) in [6.07, 6.45) is 0.440. The van der Waals surface area contributed by atoms with Gasteiger partial charge in [0, 0.05) is 6.42 Å². The molecule has 0 aliphatic carbocycles. The molecule has 0 saturated carbocycles. The van der Waals surface area contributed by atoms with E-state index in [1.165, 1.54) is 54.6 Å². The number of nitrogens with zero attached hydrogens (tertiary/aromatic N) is 3. The Bertz CT molecular complexity index is 1430. The van der Waals surface area contributed by atoms with Crippen molar-refractivity contribution in [3.8, 4) is 11.5 Å². The van der Waals surface area contributed by atoms with E-state index in [-0.39, 0.29) is 0 Å². The predicted octanol–water partition coefficient (Wildman–Crippen LogP) is 4.05. The standard InChI is InChI=1S/C27H25FN4O5S/c1-27(17-7-9-18(28)10-8-17)25(34)31(26(35)29-27)15-24(33)32-20(14-19(30-32)23-5-4-12-38-23)16-6-11-21(36-2)22(13-16)37-3/h4-13,20H,14-15H2,1-3H3,(H,29,35)/t20-,27+/m0/s1. The second-order valence-electron chi connectivity index (χ2n) is 9.05. The van der Waals surface area contributed by atoms with E-state index >= 15 is 0 Å². The minimum atomic E-state index is -1.43. The monoisotopic (exact) mass is 536 g/mol. The Labute approximate surface area is 222 Å². The van der Waals surface area contributed by atoms with Crippen molar-refractivity contribution >= 4 is 34.9 Å². The normalized spacial score (nSPS) is 20.9. The largest absolute Gasteiger partial charge is 0.493 e. The molecule has 0 spiro atoms. The van der Waals surface area contributed by atoms with Gasteiger partial charge >= 0.3 is 6.03 Å². The van der Waals surface area contributed by atoms with Gasteiger partial charge in [0.15, 0.2) is 11.5 Å². The van der Waals surface area contributed by atoms with Crippen LogP contribution >= 0.6 is 11.3 Å². The van der Waals surface area contributed by atoms with Crippen LogP contribution in [0.5, 0.6) is 11.5 Å². The average Bonchev–Trinajstić information content (AvgIpc) is 3.65. The second-order valence-corrected chi connectivity index (χ2v) is 10.00. The number of carbonyl (C=O) groups excluding carboxylic acids is 3. The minimum absolute atomic E-state index is 0.412. The van der Waals surface area contributed by atoms with Crippen molar-refractivity contribution in [3.63, 3.8) is 0 Å². The highest BCUT2D eigenvalue weighted by Gasteiger charge is 2.50. The van der Waals surface area contributed by atoms with Crippen molar-refractivity contribution in [1.82, 2.24) is 15.2 Å². The first-order valence-electron chi connectivity index (χ1n) is 11.8. The van der Waals surface area contributed by atoms with Crippen LogP contribution in [0.1, 0.15) is 35.4 Å². The number of methoxy groups -OCH3 is 2. The van der Waals surface area contributed by atoms with Gasteiger partial charge in [-0.3, -0.25) is 14.5 Å². The highest BCUT2D eigenvalue weighted by atomic mass is 32.1. The van der Waals surface area contributed by atoms with Gasteiger partial charge < -0.3 is 14.8 Å². The van der Waals surface area contributed by atoms with Crippen molar-refractivity contribution in [2.75, 3.05) is 20.8 Å². The Kier molecular flexibility index (Phi) is 6.62. The van der Waals surface area contributed by atoms with Crippen LogP contribution in [0.25, 0.3) is 0 Å². The summed E-state index contributed by atoms with van der Waals surface area (Å²) in [5, 5.41) is 10.5. The number of imide groups is 1. The zero-order valence-electron chi connectivity index (χ0n) is 20.9. The number of thiophene rings is 1. The highest BCUT2D eigenvalue weighted by molar-refractivity contribution is 7.12. The summed E-state index contributed by atoms with van der Waals surface area (Å²) in [4.78, 5) is 41.6. The van der Waals surface area contributed by atoms with Gasteiger partial charge in [0.1, 0.15) is 17.9 Å². The van der Waals surface area contributed by atoms with Crippen LogP contribution in [0.3, 0.4) is 0 Å². The van der Waals surface area contributed by atoms with Gasteiger partial charge in [-0.15, -0.1) is 11.3 Å². The van der Waals surface area contributed by atoms with E-state index in [0.717, 1.165) is 21.1 Å². The minimum Gasteiger partial charge on any atom is -0.493 e. The van der Waals surface area contributed by atoms with Gasteiger partial charge in [-0.05, 0) is 53.8 Å². The van der Waals surface area contributed by atoms with Crippen molar-refractivity contribution in [3.05, 3.63) is 81.8 Å². The van der Waals surface area contributed by atoms with Gasteiger partial charge in [0.05, 0.1) is 30.9 Å². The molecule has 1 N–H and O–H groups in total. The maximum absolute atomic E-state index is 13.6. The van der Waals surface area contributed by atoms with Crippen molar-refractivity contribution in [2.24, 2.45) is 5.10 Å². The van der Waals surface area contributed by atoms with Crippen LogP contribution in [-0.2, 0) is 15.1 Å². The third kappa shape index (κ3) is 4.38. The summed E-state index contributed by atoms with van der Waals surface area (Å²) < 4.78 is 24.2. The molecule has 38 heavy (non-hydrogen) atoms. The molecule has 3 heterocycles. The molecule has 2 atom stereocenters. The number of hydrogen-bond acceptors (Lipinski definition) is 7. The number of urea groups is 1. The van der Waals surface area contributed by atoms with Crippen LogP contribution in [0.2, 0.25) is 0 Å². The van der Waals surface area contributed by atoms with E-state index in [0.29, 0.717) is 23.5 Å². The van der Waals surface area contributed by atoms with Crippen LogP contribution in [0.15, 0.2) is 65.1 Å². The predicted molar refractivity (Wildman–Crippen MR) is 139 cm³/mol. The third-order valence-electron chi connectivity index (χ3n) is 6.75. The first-order chi connectivity index (χ1) is 18.2. The topological polar surface area (TPSA) is 101 Å². The molecule has 0 unspecified atom stereocenters. The first kappa shape index (κ1) is 25.4. The number of ether oxygens (including phenoxy) is 2. The Balaban J connectivity index is 1.43. The number of halogens is 1. The number of amides is 4. The summed E-state index contributed by atoms with van der Waals surface area (Å²) in [7, 11) is 3.07. The molecule has 3 aromatic rings. The molecule has 1 aromatic heterocycles. The fourth-order valence-electron chi connectivity index (χ4n) is 4.68. The van der Waals surface area contributed by atoms with Crippen molar-refractivity contribution in [1.29, 1.82) is 0 Å². The molecule has 2 aliphatic heterocycles. The molecule has 2 aliphatic rings. The average molecular weight is 537 g/mol. The third-order valence-corrected chi connectivity index (χ3v) is 7.67. The fraction of sp³-hybridized carbons (Fsp3) is 0.259. The highest BCUT2D eigenvalue weighted by Crippen LogP contribution is 2.38. The molecule has 0 radical (unpaired) electrons. The van der Waals surface area contributed by atoms with E-state index in [1.54, 1.807) is 19.2 Å². The molecule has 1 saturated heterocycles. The quantitative estimate of drug-likeness (QED) is 0.460. The van der Waals surface area contributed by atoms with Gasteiger partial charge in [-0.25, -0.2) is 14.2 Å². The SMILES string of the molecule is COc1ccc([C@@H]2CC(c3cccs3)=NN2C(=O)CN2C(=O)N[C@](C)(c3ccc(F)cc3)C2=O)cc1OC. The molecule has 11 heteroatoms. The summed E-state index contributed by atoms with van der Waals surface area (Å²) in [5.41, 5.74) is 0.472. The van der Waals surface area contributed by atoms with E-state index in [1.807, 2.05) is 23.6 Å². The summed E-state index contributed by atoms with van der Waals surface area (Å²) >= 11 is 1.51. The maximum Gasteiger partial charge on any atom is 0.325 e. The molecule has 5 rings (SSSR count). The number of rotatable bonds is 7. The van der Waals surface area contributed by atoms with Crippen LogP contribution in [0, 0.1) is 5.82 Å². The number of benzene rings is 2. The zero-order chi connectivity index (χ0) is 27.0. The lowest BCUT2D eigenvalue weighted by Gasteiger charge is -2.25. The number of hydrogen-bond donors (Lipinski definition) is 1. The van der Waals surface area contributed by atoms with E-state index in [9.17, 15) is 18.8 Å². The Hall–Kier alpha value is -4.25. The number of nitrogens with one attached hydrogen (secondary N) is 1. The Morgan fingerprint density at radius 1 is 1.13 bits per heavy atom. The second kappa shape index (κ2) is 9.90. The molecule has 4 amide bonds. The van der Waals surface area contributed by atoms with Gasteiger partial charge in [0.25, 0.3) is 11.8 Å². The number of carbonyl (C=O) groups is 3. The van der Waals surface area contributed by atoms with E-state index < -0.39 is 41.8 Å². The molecule has 9 nitrogen and oxygen atoms in total. The van der Waals surface area contributed by atoms with Crippen LogP contribution in [-0.4, -0.2) is 54.2 Å². The van der Waals surface area contributed by atoms with Crippen molar-refractivity contribution < 1.29 is 28.2 Å². The van der Waals surface area contributed by atoms with Gasteiger partial charge in [-0.1, -0.05) is 24.3 Å². The lowest BCUT2D eigenvalue weighted by atomic mass is 9.92. The Morgan fingerprint density at radius 3 is 2.53 bits per heavy atom. The summed E-state index contributed by atoms with van der Waals surface area (Å²) in [5.74, 6) is -0.539. The van der Waals surface area contributed by atoms with Gasteiger partial charge in [-0.2, -0.15) is 5.10 Å². The fourth-order valence-corrected chi connectivity index (χ4v) is 5.40. The van der Waals surface area contributed by atoms with E-state index in [2.05, 4.69) is 10.4 Å². The first-order valence-corrected chi connectivity index (χ1v) is 12.7. The molecule has 1 fully saturated rings. The van der Waals surface area contributed by atoms with Crippen LogP contribution in [0.4, 0.5) is 9.18 Å². The van der Waals surface area contributed by atoms with Crippen LogP contribution < -0.4 is 14.8 Å². The Morgan fingerprint density at radius 2 is 1.87 bits per heavy atom. The number of hydrazone groups is 1.